The van der Waals surface area contributed by atoms with Crippen LogP contribution < -0.4 is 5.73 Å². The highest BCUT2D eigenvalue weighted by atomic mass is 16.6. The van der Waals surface area contributed by atoms with Crippen LogP contribution in [0.15, 0.2) is 30.3 Å². The molecule has 2 N–H and O–H groups in total. The normalized spacial score (nSPS) is 17.1. The van der Waals surface area contributed by atoms with Gasteiger partial charge in [0.2, 0.25) is 0 Å². The average molecular weight is 262 g/mol. The third kappa shape index (κ3) is 4.06. The summed E-state index contributed by atoms with van der Waals surface area (Å²) >= 11 is 0. The number of likely N-dealkylation sites (tertiary alicyclic amines) is 1. The van der Waals surface area contributed by atoms with Crippen LogP contribution in [0.2, 0.25) is 0 Å². The molecule has 1 fully saturated rings. The molecule has 5 heteroatoms. The van der Waals surface area contributed by atoms with Crippen LogP contribution in [-0.2, 0) is 16.1 Å². The van der Waals surface area contributed by atoms with Crippen molar-refractivity contribution in [1.82, 2.24) is 4.90 Å². The average Bonchev–Trinajstić information content (AvgIpc) is 2.40. The molecule has 0 atom stereocenters. The predicted molar refractivity (Wildman–Crippen MR) is 70.1 cm³/mol. The molecule has 1 aromatic rings. The highest BCUT2D eigenvalue weighted by molar-refractivity contribution is 5.85. The van der Waals surface area contributed by atoms with Gasteiger partial charge < -0.3 is 10.5 Å². The summed E-state index contributed by atoms with van der Waals surface area (Å²) in [5.74, 6) is -0.702. The first-order valence-electron chi connectivity index (χ1n) is 6.42. The van der Waals surface area contributed by atoms with Gasteiger partial charge in [0.25, 0.3) is 0 Å². The van der Waals surface area contributed by atoms with Crippen molar-refractivity contribution in [3.63, 3.8) is 0 Å². The first-order valence-corrected chi connectivity index (χ1v) is 6.42. The number of carbonyl (C=O) groups is 2. The van der Waals surface area contributed by atoms with E-state index in [4.69, 9.17) is 5.73 Å². The minimum atomic E-state index is -1.02. The summed E-state index contributed by atoms with van der Waals surface area (Å²) in [7, 11) is 0. The van der Waals surface area contributed by atoms with Crippen LogP contribution in [0.1, 0.15) is 18.4 Å². The van der Waals surface area contributed by atoms with E-state index in [1.54, 1.807) is 0 Å². The summed E-state index contributed by atoms with van der Waals surface area (Å²) in [6.45, 7) is 2.54. The fourth-order valence-corrected chi connectivity index (χ4v) is 2.35. The van der Waals surface area contributed by atoms with Crippen LogP contribution >= 0.6 is 0 Å². The van der Waals surface area contributed by atoms with Crippen LogP contribution in [0.3, 0.4) is 0 Å². The summed E-state index contributed by atoms with van der Waals surface area (Å²) in [6, 6.07) is 10.2. The van der Waals surface area contributed by atoms with Crippen LogP contribution in [0.25, 0.3) is 0 Å². The number of nitrogens with two attached hydrogens (primary N) is 1. The maximum atomic E-state index is 11.5. The quantitative estimate of drug-likeness (QED) is 0.662. The number of nitrogens with zero attached hydrogens (tertiary/aromatic N) is 1. The largest absolute Gasteiger partial charge is 0.412 e. The van der Waals surface area contributed by atoms with Gasteiger partial charge in [-0.15, -0.1) is 0 Å². The number of piperidine rings is 1. The molecule has 2 rings (SSSR count). The van der Waals surface area contributed by atoms with Crippen molar-refractivity contribution in [2.45, 2.75) is 19.4 Å². The minimum absolute atomic E-state index is 0.209. The standard InChI is InChI=1S/C14H18N2O3/c15-14(18)19-13(17)12-6-8-16(9-7-12)10-11-4-2-1-3-5-11/h1-5,12H,6-10H2,(H2,15,18). The van der Waals surface area contributed by atoms with Crippen LogP contribution in [0, 0.1) is 5.92 Å². The number of amides is 1. The van der Waals surface area contributed by atoms with Crippen molar-refractivity contribution >= 4 is 12.1 Å². The molecule has 1 amide bonds. The van der Waals surface area contributed by atoms with Gasteiger partial charge >= 0.3 is 12.1 Å². The minimum Gasteiger partial charge on any atom is -0.376 e. The van der Waals surface area contributed by atoms with Gasteiger partial charge in [-0.25, -0.2) is 4.79 Å². The molecule has 1 saturated heterocycles. The predicted octanol–water partition coefficient (Wildman–Crippen LogP) is 1.52. The first kappa shape index (κ1) is 13.5. The van der Waals surface area contributed by atoms with E-state index in [1.807, 2.05) is 18.2 Å². The molecule has 1 aliphatic rings. The summed E-state index contributed by atoms with van der Waals surface area (Å²) in [6.07, 6.45) is 0.398. The Kier molecular flexibility index (Phi) is 4.52. The summed E-state index contributed by atoms with van der Waals surface area (Å²) in [5, 5.41) is 0. The summed E-state index contributed by atoms with van der Waals surface area (Å²) in [4.78, 5) is 24.4. The van der Waals surface area contributed by atoms with Gasteiger partial charge in [0.15, 0.2) is 0 Å². The lowest BCUT2D eigenvalue weighted by molar-refractivity contribution is -0.143. The number of rotatable bonds is 3. The zero-order valence-electron chi connectivity index (χ0n) is 10.7. The fourth-order valence-electron chi connectivity index (χ4n) is 2.35. The van der Waals surface area contributed by atoms with Crippen molar-refractivity contribution in [2.75, 3.05) is 13.1 Å². The monoisotopic (exact) mass is 262 g/mol. The topological polar surface area (TPSA) is 72.6 Å². The molecule has 0 radical (unpaired) electrons. The number of primary amides is 1. The molecule has 1 heterocycles. The van der Waals surface area contributed by atoms with E-state index in [2.05, 4.69) is 21.8 Å². The number of ether oxygens (including phenoxy) is 1. The zero-order chi connectivity index (χ0) is 13.7. The molecule has 0 bridgehead atoms. The van der Waals surface area contributed by atoms with Gasteiger partial charge in [-0.05, 0) is 31.5 Å². The van der Waals surface area contributed by atoms with Crippen molar-refractivity contribution in [2.24, 2.45) is 11.7 Å². The van der Waals surface area contributed by atoms with Gasteiger partial charge in [-0.3, -0.25) is 9.69 Å². The molecule has 0 saturated carbocycles. The van der Waals surface area contributed by atoms with Gasteiger partial charge in [0.1, 0.15) is 0 Å². The van der Waals surface area contributed by atoms with E-state index >= 15 is 0 Å². The lowest BCUT2D eigenvalue weighted by Crippen LogP contribution is -2.37. The maximum Gasteiger partial charge on any atom is 0.412 e. The van der Waals surface area contributed by atoms with E-state index in [0.717, 1.165) is 19.6 Å². The van der Waals surface area contributed by atoms with E-state index in [-0.39, 0.29) is 5.92 Å². The molecule has 1 aliphatic heterocycles. The second-order valence-electron chi connectivity index (χ2n) is 4.78. The fraction of sp³-hybridized carbons (Fsp3) is 0.429. The van der Waals surface area contributed by atoms with E-state index in [0.29, 0.717) is 12.8 Å². The molecule has 1 aromatic carbocycles. The van der Waals surface area contributed by atoms with Gasteiger partial charge in [-0.1, -0.05) is 30.3 Å². The molecular weight excluding hydrogens is 244 g/mol. The molecule has 0 aliphatic carbocycles. The molecule has 5 nitrogen and oxygen atoms in total. The number of hydrogen-bond donors (Lipinski definition) is 1. The SMILES string of the molecule is NC(=O)OC(=O)C1CCN(Cc2ccccc2)CC1. The molecule has 19 heavy (non-hydrogen) atoms. The maximum absolute atomic E-state index is 11.5. The third-order valence-electron chi connectivity index (χ3n) is 3.37. The zero-order valence-corrected chi connectivity index (χ0v) is 10.7. The van der Waals surface area contributed by atoms with Crippen molar-refractivity contribution in [3.05, 3.63) is 35.9 Å². The smallest absolute Gasteiger partial charge is 0.376 e. The van der Waals surface area contributed by atoms with E-state index in [1.165, 1.54) is 5.56 Å². The van der Waals surface area contributed by atoms with E-state index < -0.39 is 12.1 Å². The molecular formula is C14H18N2O3. The van der Waals surface area contributed by atoms with Crippen molar-refractivity contribution in [1.29, 1.82) is 0 Å². The molecule has 0 spiro atoms. The van der Waals surface area contributed by atoms with Gasteiger partial charge in [-0.2, -0.15) is 0 Å². The Labute approximate surface area is 112 Å². The highest BCUT2D eigenvalue weighted by Gasteiger charge is 2.27. The molecule has 0 aromatic heterocycles. The molecule has 0 unspecified atom stereocenters. The number of esters is 1. The van der Waals surface area contributed by atoms with E-state index in [9.17, 15) is 9.59 Å². The Morgan fingerprint density at radius 1 is 1.21 bits per heavy atom. The van der Waals surface area contributed by atoms with Crippen LogP contribution in [0.4, 0.5) is 4.79 Å². The second kappa shape index (κ2) is 6.33. The second-order valence-corrected chi connectivity index (χ2v) is 4.78. The Balaban J connectivity index is 1.79. The first-order chi connectivity index (χ1) is 9.15. The number of hydrogen-bond acceptors (Lipinski definition) is 4. The Bertz CT molecular complexity index is 439. The molecule has 102 valence electrons. The van der Waals surface area contributed by atoms with Gasteiger partial charge in [0.05, 0.1) is 5.92 Å². The van der Waals surface area contributed by atoms with Gasteiger partial charge in [0, 0.05) is 6.54 Å². The highest BCUT2D eigenvalue weighted by Crippen LogP contribution is 2.20. The van der Waals surface area contributed by atoms with Crippen molar-refractivity contribution in [3.8, 4) is 0 Å². The lowest BCUT2D eigenvalue weighted by atomic mass is 9.96. The van der Waals surface area contributed by atoms with Crippen LogP contribution in [-0.4, -0.2) is 30.1 Å². The number of benzene rings is 1. The third-order valence-corrected chi connectivity index (χ3v) is 3.37. The lowest BCUT2D eigenvalue weighted by Gasteiger charge is -2.30. The Hall–Kier alpha value is -1.88. The number of carbonyl (C=O) groups excluding carboxylic acids is 2. The Morgan fingerprint density at radius 3 is 2.42 bits per heavy atom. The summed E-state index contributed by atoms with van der Waals surface area (Å²) < 4.78 is 4.42. The van der Waals surface area contributed by atoms with Crippen molar-refractivity contribution < 1.29 is 14.3 Å². The summed E-state index contributed by atoms with van der Waals surface area (Å²) in [5.41, 5.74) is 6.10. The Morgan fingerprint density at radius 2 is 1.84 bits per heavy atom. The van der Waals surface area contributed by atoms with Crippen LogP contribution in [0.5, 0.6) is 0 Å².